The summed E-state index contributed by atoms with van der Waals surface area (Å²) in [5.74, 6) is 0. The molecule has 0 radical (unpaired) electrons. The van der Waals surface area contributed by atoms with Crippen molar-refractivity contribution in [3.8, 4) is 22.3 Å². The van der Waals surface area contributed by atoms with Gasteiger partial charge in [0, 0.05) is 5.70 Å². The van der Waals surface area contributed by atoms with Gasteiger partial charge in [0.25, 0.3) is 0 Å². The molecule has 0 atom stereocenters. The van der Waals surface area contributed by atoms with E-state index in [2.05, 4.69) is 116 Å². The highest BCUT2D eigenvalue weighted by Gasteiger charge is 2.05. The fourth-order valence-electron chi connectivity index (χ4n) is 3.60. The van der Waals surface area contributed by atoms with Crippen LogP contribution in [0.4, 0.5) is 0 Å². The van der Waals surface area contributed by atoms with Crippen LogP contribution in [0.2, 0.25) is 0 Å². The van der Waals surface area contributed by atoms with E-state index in [1.165, 1.54) is 16.7 Å². The van der Waals surface area contributed by atoms with Crippen molar-refractivity contribution < 1.29 is 0 Å². The summed E-state index contributed by atoms with van der Waals surface area (Å²) in [6.07, 6.45) is 4.17. The summed E-state index contributed by atoms with van der Waals surface area (Å²) >= 11 is 0. The Labute approximate surface area is 178 Å². The highest BCUT2D eigenvalue weighted by atomic mass is 14.6. The van der Waals surface area contributed by atoms with Crippen LogP contribution in [0.25, 0.3) is 33.5 Å². The van der Waals surface area contributed by atoms with Crippen LogP contribution < -0.4 is 5.73 Å². The first-order valence-electron chi connectivity index (χ1n) is 10.2. The molecule has 0 saturated heterocycles. The Bertz CT molecular complexity index is 1190. The Kier molecular flexibility index (Phi) is 5.91. The van der Waals surface area contributed by atoms with Crippen molar-refractivity contribution >= 4 is 11.3 Å². The summed E-state index contributed by atoms with van der Waals surface area (Å²) in [5, 5.41) is 0. The molecule has 1 nitrogen and oxygen atoms in total. The van der Waals surface area contributed by atoms with Crippen LogP contribution >= 0.6 is 0 Å². The Morgan fingerprint density at radius 3 is 1.57 bits per heavy atom. The van der Waals surface area contributed by atoms with Gasteiger partial charge in [-0.15, -0.1) is 0 Å². The zero-order chi connectivity index (χ0) is 20.8. The van der Waals surface area contributed by atoms with Crippen molar-refractivity contribution in [2.24, 2.45) is 5.73 Å². The molecule has 0 spiro atoms. The van der Waals surface area contributed by atoms with Gasteiger partial charge in [-0.1, -0.05) is 103 Å². The van der Waals surface area contributed by atoms with Crippen molar-refractivity contribution in [3.63, 3.8) is 0 Å². The van der Waals surface area contributed by atoms with Gasteiger partial charge in [0.05, 0.1) is 0 Å². The lowest BCUT2D eigenvalue weighted by Crippen LogP contribution is -1.97. The van der Waals surface area contributed by atoms with Crippen molar-refractivity contribution in [2.45, 2.75) is 6.92 Å². The predicted octanol–water partition coefficient (Wildman–Crippen LogP) is 7.42. The first-order valence-corrected chi connectivity index (χ1v) is 10.2. The van der Waals surface area contributed by atoms with Gasteiger partial charge in [0.2, 0.25) is 0 Å². The van der Waals surface area contributed by atoms with E-state index in [9.17, 15) is 0 Å². The van der Waals surface area contributed by atoms with E-state index in [1.54, 1.807) is 0 Å². The highest BCUT2D eigenvalue weighted by Crippen LogP contribution is 2.27. The van der Waals surface area contributed by atoms with E-state index in [-0.39, 0.29) is 0 Å². The van der Waals surface area contributed by atoms with Crippen molar-refractivity contribution in [1.82, 2.24) is 0 Å². The lowest BCUT2D eigenvalue weighted by atomic mass is 9.97. The minimum Gasteiger partial charge on any atom is -0.398 e. The SMILES string of the molecule is C/C=C(\C=C(/N)c1cccc(-c2ccccc2)c1)c1cccc(-c2ccccc2)c1. The molecule has 0 amide bonds. The number of benzene rings is 4. The molecular formula is C29H25N. The van der Waals surface area contributed by atoms with Crippen LogP contribution in [0.5, 0.6) is 0 Å². The third-order valence-electron chi connectivity index (χ3n) is 5.23. The molecule has 0 heterocycles. The first kappa shape index (κ1) is 19.5. The molecule has 0 aliphatic heterocycles. The minimum atomic E-state index is 0.756. The Morgan fingerprint density at radius 2 is 1.03 bits per heavy atom. The smallest absolute Gasteiger partial charge is 0.0393 e. The number of rotatable bonds is 5. The standard InChI is InChI=1S/C29H25N/c1-2-22(25-15-9-16-26(19-25)23-11-5-3-6-12-23)21-29(30)28-18-10-17-27(20-28)24-13-7-4-8-14-24/h2-21H,30H2,1H3/b22-2+,29-21-. The van der Waals surface area contributed by atoms with Gasteiger partial charge in [0.1, 0.15) is 0 Å². The fraction of sp³-hybridized carbons (Fsp3) is 0.0345. The summed E-state index contributed by atoms with van der Waals surface area (Å²) in [4.78, 5) is 0. The molecule has 4 rings (SSSR count). The van der Waals surface area contributed by atoms with Gasteiger partial charge < -0.3 is 5.73 Å². The quantitative estimate of drug-likeness (QED) is 0.354. The van der Waals surface area contributed by atoms with Crippen LogP contribution in [0.15, 0.2) is 121 Å². The summed E-state index contributed by atoms with van der Waals surface area (Å²) < 4.78 is 0. The molecule has 30 heavy (non-hydrogen) atoms. The molecule has 0 aliphatic carbocycles. The Hall–Kier alpha value is -3.84. The van der Waals surface area contributed by atoms with Gasteiger partial charge >= 0.3 is 0 Å². The molecule has 2 N–H and O–H groups in total. The maximum atomic E-state index is 6.53. The largest absolute Gasteiger partial charge is 0.398 e. The number of nitrogens with two attached hydrogens (primary N) is 1. The molecule has 0 aliphatic rings. The third kappa shape index (κ3) is 4.42. The van der Waals surface area contributed by atoms with Gasteiger partial charge in [-0.2, -0.15) is 0 Å². The summed E-state index contributed by atoms with van der Waals surface area (Å²) in [6.45, 7) is 2.05. The zero-order valence-electron chi connectivity index (χ0n) is 17.1. The van der Waals surface area contributed by atoms with Crippen molar-refractivity contribution in [2.75, 3.05) is 0 Å². The number of hydrogen-bond acceptors (Lipinski definition) is 1. The second kappa shape index (κ2) is 9.11. The van der Waals surface area contributed by atoms with Gasteiger partial charge in [0.15, 0.2) is 0 Å². The molecule has 0 aromatic heterocycles. The number of hydrogen-bond donors (Lipinski definition) is 1. The molecule has 0 bridgehead atoms. The molecule has 0 fully saturated rings. The molecule has 4 aromatic carbocycles. The minimum absolute atomic E-state index is 0.756. The molecule has 4 aromatic rings. The molecule has 1 heteroatoms. The molecular weight excluding hydrogens is 362 g/mol. The highest BCUT2D eigenvalue weighted by molar-refractivity contribution is 5.85. The third-order valence-corrected chi connectivity index (χ3v) is 5.23. The second-order valence-corrected chi connectivity index (χ2v) is 7.24. The average Bonchev–Trinajstić information content (AvgIpc) is 2.83. The van der Waals surface area contributed by atoms with Gasteiger partial charge in [-0.25, -0.2) is 0 Å². The Balaban J connectivity index is 1.65. The molecule has 0 unspecified atom stereocenters. The zero-order valence-corrected chi connectivity index (χ0v) is 17.1. The normalized spacial score (nSPS) is 12.0. The van der Waals surface area contributed by atoms with Gasteiger partial charge in [-0.3, -0.25) is 0 Å². The second-order valence-electron chi connectivity index (χ2n) is 7.24. The van der Waals surface area contributed by atoms with E-state index < -0.39 is 0 Å². The lowest BCUT2D eigenvalue weighted by molar-refractivity contribution is 1.50. The summed E-state index contributed by atoms with van der Waals surface area (Å²) in [5.41, 5.74) is 15.3. The van der Waals surface area contributed by atoms with Crippen LogP contribution in [-0.4, -0.2) is 0 Å². The van der Waals surface area contributed by atoms with E-state index in [0.717, 1.165) is 28.0 Å². The maximum Gasteiger partial charge on any atom is 0.0393 e. The topological polar surface area (TPSA) is 26.0 Å². The average molecular weight is 388 g/mol. The van der Waals surface area contributed by atoms with Crippen LogP contribution in [0, 0.1) is 0 Å². The van der Waals surface area contributed by atoms with E-state index in [0.29, 0.717) is 0 Å². The van der Waals surface area contributed by atoms with E-state index in [4.69, 9.17) is 5.73 Å². The van der Waals surface area contributed by atoms with Crippen LogP contribution in [0.3, 0.4) is 0 Å². The number of allylic oxidation sites excluding steroid dienone is 3. The van der Waals surface area contributed by atoms with E-state index in [1.807, 2.05) is 12.1 Å². The summed E-state index contributed by atoms with van der Waals surface area (Å²) in [7, 11) is 0. The maximum absolute atomic E-state index is 6.53. The van der Waals surface area contributed by atoms with Crippen LogP contribution in [-0.2, 0) is 0 Å². The monoisotopic (exact) mass is 387 g/mol. The predicted molar refractivity (Wildman–Crippen MR) is 130 cm³/mol. The van der Waals surface area contributed by atoms with Crippen molar-refractivity contribution in [1.29, 1.82) is 0 Å². The molecule has 146 valence electrons. The van der Waals surface area contributed by atoms with Crippen LogP contribution in [0.1, 0.15) is 18.1 Å². The summed E-state index contributed by atoms with van der Waals surface area (Å²) in [6, 6.07) is 37.8. The van der Waals surface area contributed by atoms with Gasteiger partial charge in [-0.05, 0) is 64.1 Å². The van der Waals surface area contributed by atoms with Crippen molar-refractivity contribution in [3.05, 3.63) is 132 Å². The first-order chi connectivity index (χ1) is 14.7. The fourth-order valence-corrected chi connectivity index (χ4v) is 3.60. The molecule has 0 saturated carbocycles. The lowest BCUT2D eigenvalue weighted by Gasteiger charge is -2.10. The van der Waals surface area contributed by atoms with E-state index >= 15 is 0 Å². The Morgan fingerprint density at radius 1 is 0.567 bits per heavy atom.